The van der Waals surface area contributed by atoms with Crippen molar-refractivity contribution in [1.82, 2.24) is 15.0 Å². The molecule has 2 aliphatic rings. The van der Waals surface area contributed by atoms with Crippen LogP contribution in [0.1, 0.15) is 11.5 Å². The summed E-state index contributed by atoms with van der Waals surface area (Å²) >= 11 is 1.85. The summed E-state index contributed by atoms with van der Waals surface area (Å²) in [6.07, 6.45) is 8.50. The van der Waals surface area contributed by atoms with Gasteiger partial charge in [-0.2, -0.15) is 0 Å². The lowest BCUT2D eigenvalue weighted by Gasteiger charge is -2.14. The van der Waals surface area contributed by atoms with E-state index in [4.69, 9.17) is 19.7 Å². The number of hydrogen-bond acceptors (Lipinski definition) is 5. The van der Waals surface area contributed by atoms with Gasteiger partial charge in [0.2, 0.25) is 0 Å². The lowest BCUT2D eigenvalue weighted by atomic mass is 9.91. The third-order valence-electron chi connectivity index (χ3n) is 11.4. The van der Waals surface area contributed by atoms with E-state index in [9.17, 15) is 0 Å². The number of allylic oxidation sites excluding steroid dienone is 2. The van der Waals surface area contributed by atoms with Crippen molar-refractivity contribution in [2.45, 2.75) is 12.0 Å². The van der Waals surface area contributed by atoms with Gasteiger partial charge >= 0.3 is 0 Å². The average molecular weight is 734 g/mol. The molecule has 0 fully saturated rings. The summed E-state index contributed by atoms with van der Waals surface area (Å²) in [5, 5.41) is 9.89. The topological polar surface area (TPSA) is 47.9 Å². The van der Waals surface area contributed by atoms with E-state index in [0.717, 1.165) is 28.0 Å². The van der Waals surface area contributed by atoms with E-state index in [0.29, 0.717) is 17.5 Å². The van der Waals surface area contributed by atoms with E-state index in [1.165, 1.54) is 63.6 Å². The number of aromatic nitrogens is 3. The Morgan fingerprint density at radius 3 is 1.73 bits per heavy atom. The first-order valence-electron chi connectivity index (χ1n) is 19.0. The first-order valence-corrected chi connectivity index (χ1v) is 19.8. The fourth-order valence-corrected chi connectivity index (χ4v) is 9.80. The Balaban J connectivity index is 1.03. The lowest BCUT2D eigenvalue weighted by molar-refractivity contribution is 0.269. The number of hydrogen-bond donors (Lipinski definition) is 0. The predicted molar refractivity (Wildman–Crippen MR) is 232 cm³/mol. The van der Waals surface area contributed by atoms with Crippen molar-refractivity contribution >= 4 is 63.8 Å². The molecule has 2 atom stereocenters. The molecule has 262 valence electrons. The molecule has 3 heterocycles. The third-order valence-corrected chi connectivity index (χ3v) is 12.6. The summed E-state index contributed by atoms with van der Waals surface area (Å²) in [7, 11) is 0. The summed E-state index contributed by atoms with van der Waals surface area (Å²) < 4.78 is 8.90. The van der Waals surface area contributed by atoms with Gasteiger partial charge in [-0.3, -0.25) is 0 Å². The molecule has 10 aromatic rings. The molecule has 12 rings (SSSR count). The monoisotopic (exact) mass is 733 g/mol. The van der Waals surface area contributed by atoms with Gasteiger partial charge in [-0.1, -0.05) is 121 Å². The molecule has 2 unspecified atom stereocenters. The zero-order chi connectivity index (χ0) is 36.7. The lowest BCUT2D eigenvalue weighted by Crippen LogP contribution is -2.15. The van der Waals surface area contributed by atoms with Crippen LogP contribution < -0.4 is 4.74 Å². The average Bonchev–Trinajstić information content (AvgIpc) is 3.84. The van der Waals surface area contributed by atoms with Gasteiger partial charge in [-0.05, 0) is 98.1 Å². The molecule has 0 saturated heterocycles. The molecule has 0 spiro atoms. The fourth-order valence-electron chi connectivity index (χ4n) is 8.71. The highest BCUT2D eigenvalue weighted by molar-refractivity contribution is 7.25. The highest BCUT2D eigenvalue weighted by Crippen LogP contribution is 2.44. The molecule has 0 radical (unpaired) electrons. The smallest absolute Gasteiger partial charge is 0.164 e. The second-order valence-corrected chi connectivity index (χ2v) is 15.8. The van der Waals surface area contributed by atoms with Crippen molar-refractivity contribution < 1.29 is 4.74 Å². The van der Waals surface area contributed by atoms with Crippen LogP contribution in [0.4, 0.5) is 0 Å². The Hall–Kier alpha value is -6.95. The number of thiophene rings is 1. The van der Waals surface area contributed by atoms with Crippen LogP contribution in [-0.4, -0.2) is 21.1 Å². The van der Waals surface area contributed by atoms with Gasteiger partial charge < -0.3 is 4.74 Å². The van der Waals surface area contributed by atoms with Crippen LogP contribution in [0.2, 0.25) is 0 Å². The minimum Gasteiger partial charge on any atom is -0.485 e. The highest BCUT2D eigenvalue weighted by Gasteiger charge is 2.32. The molecule has 56 heavy (non-hydrogen) atoms. The predicted octanol–water partition coefficient (Wildman–Crippen LogP) is 13.3. The molecule has 0 bridgehead atoms. The SMILES string of the molecule is C1=CC2Oc3ccc(-c4nc(-c5ccccc5)nc(-c5ccc6c7ccccc7c7cc(-c8ccc9sc%10ccccc%10c9c8)ccc7c6c5)n4)cc3C2C=C1. The van der Waals surface area contributed by atoms with E-state index >= 15 is 0 Å². The van der Waals surface area contributed by atoms with E-state index in [2.05, 4.69) is 158 Å². The van der Waals surface area contributed by atoms with Crippen molar-refractivity contribution in [1.29, 1.82) is 0 Å². The number of fused-ring (bicyclic) bond motifs is 12. The summed E-state index contributed by atoms with van der Waals surface area (Å²) in [6.45, 7) is 0. The van der Waals surface area contributed by atoms with Gasteiger partial charge in [0.25, 0.3) is 0 Å². The van der Waals surface area contributed by atoms with Gasteiger partial charge in [0, 0.05) is 48.3 Å². The second kappa shape index (κ2) is 12.3. The van der Waals surface area contributed by atoms with Crippen molar-refractivity contribution in [2.24, 2.45) is 0 Å². The summed E-state index contributed by atoms with van der Waals surface area (Å²) in [5.41, 5.74) is 6.41. The first-order chi connectivity index (χ1) is 27.7. The minimum atomic E-state index is 0.0173. The molecular formula is C51H31N3OS. The minimum absolute atomic E-state index is 0.0173. The molecule has 4 nitrogen and oxygen atoms in total. The number of rotatable bonds is 4. The van der Waals surface area contributed by atoms with Crippen LogP contribution in [0.3, 0.4) is 0 Å². The Morgan fingerprint density at radius 1 is 0.393 bits per heavy atom. The maximum Gasteiger partial charge on any atom is 0.164 e. The normalized spacial score (nSPS) is 15.9. The number of benzene rings is 8. The zero-order valence-corrected chi connectivity index (χ0v) is 30.9. The van der Waals surface area contributed by atoms with Crippen LogP contribution in [0.15, 0.2) is 176 Å². The number of ether oxygens (including phenoxy) is 1. The quantitative estimate of drug-likeness (QED) is 0.169. The van der Waals surface area contributed by atoms with Gasteiger partial charge in [0.15, 0.2) is 17.5 Å². The van der Waals surface area contributed by atoms with E-state index in [1.54, 1.807) is 0 Å². The van der Waals surface area contributed by atoms with Crippen molar-refractivity contribution in [3.63, 3.8) is 0 Å². The van der Waals surface area contributed by atoms with Crippen LogP contribution in [-0.2, 0) is 0 Å². The zero-order valence-electron chi connectivity index (χ0n) is 30.1. The maximum absolute atomic E-state index is 6.27. The molecule has 0 saturated carbocycles. The van der Waals surface area contributed by atoms with Crippen molar-refractivity contribution in [2.75, 3.05) is 0 Å². The molecule has 0 N–H and O–H groups in total. The van der Waals surface area contributed by atoms with E-state index in [-0.39, 0.29) is 12.0 Å². The molecule has 2 aromatic heterocycles. The van der Waals surface area contributed by atoms with E-state index < -0.39 is 0 Å². The highest BCUT2D eigenvalue weighted by atomic mass is 32.1. The summed E-state index contributed by atoms with van der Waals surface area (Å²) in [6, 6.07) is 54.4. The van der Waals surface area contributed by atoms with Crippen LogP contribution in [0, 0.1) is 0 Å². The van der Waals surface area contributed by atoms with E-state index in [1.807, 2.05) is 29.5 Å². The van der Waals surface area contributed by atoms with Gasteiger partial charge in [0.05, 0.1) is 0 Å². The fraction of sp³-hybridized carbons (Fsp3) is 0.0392. The van der Waals surface area contributed by atoms with Gasteiger partial charge in [-0.15, -0.1) is 11.3 Å². The Labute approximate surface area is 326 Å². The Bertz CT molecular complexity index is 3310. The molecule has 0 amide bonds. The third kappa shape index (κ3) is 4.94. The van der Waals surface area contributed by atoms with Crippen LogP contribution in [0.5, 0.6) is 5.75 Å². The molecular weight excluding hydrogens is 703 g/mol. The van der Waals surface area contributed by atoms with Crippen LogP contribution in [0.25, 0.3) is 97.8 Å². The summed E-state index contributed by atoms with van der Waals surface area (Å²) in [4.78, 5) is 15.4. The second-order valence-electron chi connectivity index (χ2n) is 14.7. The largest absolute Gasteiger partial charge is 0.485 e. The first kappa shape index (κ1) is 31.4. The summed E-state index contributed by atoms with van der Waals surface area (Å²) in [5.74, 6) is 3.00. The van der Waals surface area contributed by atoms with Crippen LogP contribution >= 0.6 is 11.3 Å². The van der Waals surface area contributed by atoms with Crippen molar-refractivity contribution in [3.8, 4) is 51.0 Å². The standard InChI is InChI=1S/C51H31N3OS/c1-2-10-30(11-3-1)49-52-50(54-51(53-49)34-20-24-46-43(29-34)39-14-6-8-16-45(39)55-46)33-19-23-37-35-12-4-5-13-36(35)41-26-31(18-22-38(41)42(37)28-33)32-21-25-48-44(27-32)40-15-7-9-17-47(40)56-48/h1-29,39,45H. The Morgan fingerprint density at radius 2 is 0.929 bits per heavy atom. The number of nitrogens with zero attached hydrogens (tertiary/aromatic N) is 3. The molecule has 1 aliphatic heterocycles. The molecule has 5 heteroatoms. The maximum atomic E-state index is 6.27. The molecule has 8 aromatic carbocycles. The van der Waals surface area contributed by atoms with Gasteiger partial charge in [-0.25, -0.2) is 15.0 Å². The molecule has 1 aliphatic carbocycles. The Kier molecular flexibility index (Phi) is 6.89. The van der Waals surface area contributed by atoms with Gasteiger partial charge in [0.1, 0.15) is 11.9 Å². The van der Waals surface area contributed by atoms with Crippen molar-refractivity contribution in [3.05, 3.63) is 182 Å².